The van der Waals surface area contributed by atoms with E-state index in [9.17, 15) is 13.6 Å². The van der Waals surface area contributed by atoms with Crippen LogP contribution >= 0.6 is 0 Å². The molecule has 0 atom stereocenters. The third-order valence-corrected chi connectivity index (χ3v) is 5.25. The van der Waals surface area contributed by atoms with Crippen molar-refractivity contribution in [2.45, 2.75) is 0 Å². The van der Waals surface area contributed by atoms with Crippen molar-refractivity contribution >= 4 is 28.1 Å². The van der Waals surface area contributed by atoms with Gasteiger partial charge in [-0.25, -0.2) is 18.7 Å². The zero-order valence-electron chi connectivity index (χ0n) is 16.6. The molecule has 1 amide bonds. The maximum Gasteiger partial charge on any atom is 0.278 e. The third kappa shape index (κ3) is 3.10. The van der Waals surface area contributed by atoms with Gasteiger partial charge in [0.2, 0.25) is 0 Å². The average Bonchev–Trinajstić information content (AvgIpc) is 3.37. The van der Waals surface area contributed by atoms with Gasteiger partial charge in [-0.3, -0.25) is 13.9 Å². The second kappa shape index (κ2) is 6.98. The standard InChI is InChI=1S/C22H16F2N6O/c1-28(15-4-5-16(23)17(24)8-15)22(31)18-12-30-20(10-26-21(30)11-25-18)13-3-6-19-14(7-13)9-27-29(19)2/h3-12H,1-2H3. The molecular formula is C22H16F2N6O. The predicted molar refractivity (Wildman–Crippen MR) is 112 cm³/mol. The molecule has 0 fully saturated rings. The number of rotatable bonds is 3. The molecule has 0 aliphatic rings. The predicted octanol–water partition coefficient (Wildman–Crippen LogP) is 3.84. The Morgan fingerprint density at radius 2 is 1.84 bits per heavy atom. The van der Waals surface area contributed by atoms with Crippen molar-refractivity contribution in [3.63, 3.8) is 0 Å². The molecule has 0 aliphatic heterocycles. The molecule has 0 aliphatic carbocycles. The second-order valence-electron chi connectivity index (χ2n) is 7.15. The number of aryl methyl sites for hydroxylation is 1. The van der Waals surface area contributed by atoms with E-state index in [-0.39, 0.29) is 11.4 Å². The van der Waals surface area contributed by atoms with Crippen molar-refractivity contribution < 1.29 is 13.6 Å². The first kappa shape index (κ1) is 18.9. The molecule has 154 valence electrons. The number of benzene rings is 2. The summed E-state index contributed by atoms with van der Waals surface area (Å²) >= 11 is 0. The van der Waals surface area contributed by atoms with Crippen LogP contribution in [0, 0.1) is 11.6 Å². The van der Waals surface area contributed by atoms with E-state index in [2.05, 4.69) is 15.1 Å². The molecule has 0 spiro atoms. The molecule has 0 saturated carbocycles. The van der Waals surface area contributed by atoms with Gasteiger partial charge < -0.3 is 4.90 Å². The van der Waals surface area contributed by atoms with Crippen LogP contribution in [0.5, 0.6) is 0 Å². The Morgan fingerprint density at radius 1 is 1.00 bits per heavy atom. The van der Waals surface area contributed by atoms with E-state index in [4.69, 9.17) is 0 Å². The zero-order chi connectivity index (χ0) is 21.7. The minimum Gasteiger partial charge on any atom is -0.310 e. The zero-order valence-corrected chi connectivity index (χ0v) is 16.6. The van der Waals surface area contributed by atoms with Crippen molar-refractivity contribution in [1.29, 1.82) is 0 Å². The number of nitrogens with zero attached hydrogens (tertiary/aromatic N) is 6. The molecule has 31 heavy (non-hydrogen) atoms. The number of aromatic nitrogens is 5. The van der Waals surface area contributed by atoms with Gasteiger partial charge in [0, 0.05) is 43.0 Å². The quantitative estimate of drug-likeness (QED) is 0.447. The fraction of sp³-hybridized carbons (Fsp3) is 0.0909. The number of carbonyl (C=O) groups excluding carboxylic acids is 1. The number of carbonyl (C=O) groups is 1. The average molecular weight is 418 g/mol. The Balaban J connectivity index is 1.54. The first-order valence-corrected chi connectivity index (χ1v) is 9.41. The number of anilines is 1. The summed E-state index contributed by atoms with van der Waals surface area (Å²) in [6, 6.07) is 9.22. The molecule has 3 aromatic heterocycles. The normalized spacial score (nSPS) is 11.4. The molecule has 0 bridgehead atoms. The monoisotopic (exact) mass is 418 g/mol. The Bertz CT molecular complexity index is 1470. The molecule has 7 nitrogen and oxygen atoms in total. The van der Waals surface area contributed by atoms with E-state index in [1.807, 2.05) is 25.2 Å². The number of hydrogen-bond acceptors (Lipinski definition) is 4. The smallest absolute Gasteiger partial charge is 0.278 e. The van der Waals surface area contributed by atoms with E-state index in [0.717, 1.165) is 34.3 Å². The van der Waals surface area contributed by atoms with Crippen molar-refractivity contribution in [1.82, 2.24) is 24.1 Å². The maximum atomic E-state index is 13.6. The molecule has 5 rings (SSSR count). The van der Waals surface area contributed by atoms with Crippen LogP contribution in [-0.2, 0) is 7.05 Å². The highest BCUT2D eigenvalue weighted by molar-refractivity contribution is 6.04. The van der Waals surface area contributed by atoms with Crippen LogP contribution in [0.4, 0.5) is 14.5 Å². The van der Waals surface area contributed by atoms with E-state index in [1.54, 1.807) is 27.7 Å². The fourth-order valence-electron chi connectivity index (χ4n) is 3.52. The minimum atomic E-state index is -1.02. The van der Waals surface area contributed by atoms with E-state index in [0.29, 0.717) is 5.65 Å². The molecule has 0 saturated heterocycles. The third-order valence-electron chi connectivity index (χ3n) is 5.25. The van der Waals surface area contributed by atoms with Crippen molar-refractivity contribution in [3.8, 4) is 11.3 Å². The Labute approximate surface area is 175 Å². The molecule has 0 unspecified atom stereocenters. The number of fused-ring (bicyclic) bond motifs is 2. The van der Waals surface area contributed by atoms with Crippen LogP contribution in [-0.4, -0.2) is 37.1 Å². The Morgan fingerprint density at radius 3 is 2.65 bits per heavy atom. The molecule has 2 aromatic carbocycles. The fourth-order valence-corrected chi connectivity index (χ4v) is 3.52. The molecule has 9 heteroatoms. The summed E-state index contributed by atoms with van der Waals surface area (Å²) < 4.78 is 30.4. The van der Waals surface area contributed by atoms with Crippen molar-refractivity contribution in [2.75, 3.05) is 11.9 Å². The molecular weight excluding hydrogens is 402 g/mol. The highest BCUT2D eigenvalue weighted by atomic mass is 19.2. The van der Waals surface area contributed by atoms with Crippen LogP contribution in [0.25, 0.3) is 27.8 Å². The maximum absolute atomic E-state index is 13.6. The lowest BCUT2D eigenvalue weighted by atomic mass is 10.1. The van der Waals surface area contributed by atoms with Crippen LogP contribution in [0.3, 0.4) is 0 Å². The van der Waals surface area contributed by atoms with Crippen molar-refractivity contribution in [2.24, 2.45) is 7.05 Å². The number of halogens is 2. The van der Waals surface area contributed by atoms with Gasteiger partial charge in [-0.2, -0.15) is 5.10 Å². The lowest BCUT2D eigenvalue weighted by Gasteiger charge is -2.17. The lowest BCUT2D eigenvalue weighted by molar-refractivity contribution is 0.0987. The van der Waals surface area contributed by atoms with Crippen LogP contribution in [0.2, 0.25) is 0 Å². The van der Waals surface area contributed by atoms with Crippen LogP contribution in [0.15, 0.2) is 61.2 Å². The van der Waals surface area contributed by atoms with Gasteiger partial charge in [0.25, 0.3) is 5.91 Å². The summed E-state index contributed by atoms with van der Waals surface area (Å²) in [6.07, 6.45) is 6.58. The number of hydrogen-bond donors (Lipinski definition) is 0. The number of imidazole rings is 1. The topological polar surface area (TPSA) is 68.3 Å². The first-order valence-electron chi connectivity index (χ1n) is 9.41. The summed E-state index contributed by atoms with van der Waals surface area (Å²) in [7, 11) is 3.36. The van der Waals surface area contributed by atoms with E-state index in [1.165, 1.54) is 24.2 Å². The molecule has 0 N–H and O–H groups in total. The van der Waals surface area contributed by atoms with E-state index >= 15 is 0 Å². The second-order valence-corrected chi connectivity index (χ2v) is 7.15. The van der Waals surface area contributed by atoms with Crippen LogP contribution < -0.4 is 4.90 Å². The highest BCUT2D eigenvalue weighted by Gasteiger charge is 2.18. The number of amides is 1. The molecule has 5 aromatic rings. The molecule has 0 radical (unpaired) electrons. The van der Waals surface area contributed by atoms with Gasteiger partial charge >= 0.3 is 0 Å². The largest absolute Gasteiger partial charge is 0.310 e. The van der Waals surface area contributed by atoms with Gasteiger partial charge in [-0.1, -0.05) is 6.07 Å². The summed E-state index contributed by atoms with van der Waals surface area (Å²) in [5, 5.41) is 5.25. The van der Waals surface area contributed by atoms with Crippen LogP contribution in [0.1, 0.15) is 10.5 Å². The summed E-state index contributed by atoms with van der Waals surface area (Å²) in [6.45, 7) is 0. The van der Waals surface area contributed by atoms with E-state index < -0.39 is 17.5 Å². The summed E-state index contributed by atoms with van der Waals surface area (Å²) in [4.78, 5) is 22.7. The van der Waals surface area contributed by atoms with Gasteiger partial charge in [-0.05, 0) is 24.3 Å². The highest BCUT2D eigenvalue weighted by Crippen LogP contribution is 2.25. The lowest BCUT2D eigenvalue weighted by Crippen LogP contribution is -2.27. The Hall–Kier alpha value is -4.14. The first-order chi connectivity index (χ1) is 14.9. The summed E-state index contributed by atoms with van der Waals surface area (Å²) in [5.41, 5.74) is 3.64. The van der Waals surface area contributed by atoms with Gasteiger partial charge in [0.15, 0.2) is 17.3 Å². The SMILES string of the molecule is CN(C(=O)c1cn2c(-c3ccc4c(cnn4C)c3)cnc2cn1)c1ccc(F)c(F)c1. The van der Waals surface area contributed by atoms with Gasteiger partial charge in [-0.15, -0.1) is 0 Å². The van der Waals surface area contributed by atoms with Crippen molar-refractivity contribution in [3.05, 3.63) is 78.5 Å². The Kier molecular flexibility index (Phi) is 4.25. The molecule has 3 heterocycles. The summed E-state index contributed by atoms with van der Waals surface area (Å²) in [5.74, 6) is -2.46. The van der Waals surface area contributed by atoms with Gasteiger partial charge in [0.05, 0.1) is 29.8 Å². The van der Waals surface area contributed by atoms with Gasteiger partial charge in [0.1, 0.15) is 5.69 Å². The minimum absolute atomic E-state index is 0.140.